The van der Waals surface area contributed by atoms with E-state index < -0.39 is 30.2 Å². The van der Waals surface area contributed by atoms with Crippen LogP contribution in [0, 0.1) is 12.7 Å². The van der Waals surface area contributed by atoms with Crippen molar-refractivity contribution in [2.75, 3.05) is 13.7 Å². The summed E-state index contributed by atoms with van der Waals surface area (Å²) in [6, 6.07) is 9.89. The summed E-state index contributed by atoms with van der Waals surface area (Å²) in [5.41, 5.74) is 2.16. The second-order valence-electron chi connectivity index (χ2n) is 8.86. The van der Waals surface area contributed by atoms with E-state index in [4.69, 9.17) is 14.2 Å². The molecule has 2 aromatic carbocycles. The van der Waals surface area contributed by atoms with Crippen molar-refractivity contribution < 1.29 is 33.6 Å². The third-order valence-corrected chi connectivity index (χ3v) is 5.85. The van der Waals surface area contributed by atoms with Gasteiger partial charge in [-0.25, -0.2) is 4.39 Å². The van der Waals surface area contributed by atoms with E-state index in [0.717, 1.165) is 16.7 Å². The average Bonchev–Trinajstić information content (AvgIpc) is 2.73. The lowest BCUT2D eigenvalue weighted by molar-refractivity contribution is -0.306. The molecule has 0 saturated carbocycles. The molecule has 0 radical (unpaired) electrons. The third kappa shape index (κ3) is 5.70. The number of hydrogen-bond donors (Lipinski definition) is 3. The molecule has 1 unspecified atom stereocenters. The summed E-state index contributed by atoms with van der Waals surface area (Å²) < 4.78 is 31.3. The molecule has 0 spiro atoms. The Morgan fingerprint density at radius 2 is 1.94 bits per heavy atom. The Morgan fingerprint density at radius 3 is 2.58 bits per heavy atom. The molecule has 0 aliphatic carbocycles. The molecular weight excluding hydrogens is 429 g/mol. The highest BCUT2D eigenvalue weighted by Crippen LogP contribution is 2.36. The number of halogens is 1. The molecule has 1 aliphatic heterocycles. The summed E-state index contributed by atoms with van der Waals surface area (Å²) in [7, 11) is 1.45. The molecule has 0 aromatic heterocycles. The van der Waals surface area contributed by atoms with Crippen molar-refractivity contribution in [1.29, 1.82) is 0 Å². The largest absolute Gasteiger partial charge is 0.462 e. The molecule has 1 amide bonds. The lowest BCUT2D eigenvalue weighted by Crippen LogP contribution is -2.63. The third-order valence-electron chi connectivity index (χ3n) is 5.85. The van der Waals surface area contributed by atoms with Gasteiger partial charge in [-0.2, -0.15) is 0 Å². The number of hydrogen-bond acceptors (Lipinski definition) is 6. The molecule has 33 heavy (non-hydrogen) atoms. The highest BCUT2D eigenvalue weighted by atomic mass is 19.1. The van der Waals surface area contributed by atoms with Crippen LogP contribution < -0.4 is 10.1 Å². The Balaban J connectivity index is 1.95. The van der Waals surface area contributed by atoms with E-state index in [1.54, 1.807) is 32.0 Å². The molecule has 1 fully saturated rings. The van der Waals surface area contributed by atoms with Crippen LogP contribution in [0.3, 0.4) is 0 Å². The molecule has 3 N–H and O–H groups in total. The number of nitrogens with one attached hydrogen (secondary N) is 1. The van der Waals surface area contributed by atoms with E-state index in [9.17, 15) is 19.4 Å². The number of ether oxygens (including phenoxy) is 3. The summed E-state index contributed by atoms with van der Waals surface area (Å²) in [6.07, 6.45) is -3.86. The number of amides is 1. The van der Waals surface area contributed by atoms with Crippen molar-refractivity contribution in [3.63, 3.8) is 0 Å². The fraction of sp³-hybridized carbons (Fsp3) is 0.480. The molecule has 1 saturated heterocycles. The first-order chi connectivity index (χ1) is 15.5. The average molecular weight is 462 g/mol. The Hall–Kier alpha value is -2.52. The van der Waals surface area contributed by atoms with Crippen LogP contribution in [0.5, 0.6) is 5.75 Å². The van der Waals surface area contributed by atoms with Crippen molar-refractivity contribution in [3.8, 4) is 16.9 Å². The maximum Gasteiger partial charge on any atom is 0.229 e. The smallest absolute Gasteiger partial charge is 0.229 e. The Bertz CT molecular complexity index is 995. The van der Waals surface area contributed by atoms with Crippen molar-refractivity contribution >= 4 is 5.91 Å². The highest BCUT2D eigenvalue weighted by Gasteiger charge is 2.50. The second kappa shape index (κ2) is 10.2. The van der Waals surface area contributed by atoms with Gasteiger partial charge in [0.15, 0.2) is 0 Å². The van der Waals surface area contributed by atoms with E-state index in [0.29, 0.717) is 24.3 Å². The van der Waals surface area contributed by atoms with Gasteiger partial charge >= 0.3 is 0 Å². The SMILES string of the molecule is CO[C@@H]1[C@@H](O)[C@@H](O)C(Oc2cc(-c3cccc(F)c3)c(CCNC(C)=O)cc2C)OC1(C)C. The first-order valence-electron chi connectivity index (χ1n) is 10.9. The Kier molecular flexibility index (Phi) is 7.74. The van der Waals surface area contributed by atoms with E-state index in [1.165, 1.54) is 26.2 Å². The van der Waals surface area contributed by atoms with Crippen LogP contribution in [0.1, 0.15) is 31.9 Å². The predicted octanol–water partition coefficient (Wildman–Crippen LogP) is 2.73. The minimum atomic E-state index is -1.33. The molecule has 4 atom stereocenters. The summed E-state index contributed by atoms with van der Waals surface area (Å²) in [5.74, 6) is -0.0664. The summed E-state index contributed by atoms with van der Waals surface area (Å²) >= 11 is 0. The van der Waals surface area contributed by atoms with Gasteiger partial charge in [0.05, 0.1) is 5.60 Å². The second-order valence-corrected chi connectivity index (χ2v) is 8.86. The first kappa shape index (κ1) is 25.1. The number of aryl methyl sites for hydroxylation is 1. The lowest BCUT2D eigenvalue weighted by atomic mass is 9.89. The summed E-state index contributed by atoms with van der Waals surface area (Å²) in [5, 5.41) is 23.9. The zero-order valence-electron chi connectivity index (χ0n) is 19.6. The standard InChI is InChI=1S/C25H32FNO6/c1-14-11-17(9-10-27-15(2)28)19(16-7-6-8-18(26)12-16)13-20(14)32-24-22(30)21(29)23(31-5)25(3,4)33-24/h6-8,11-13,21-24,29-30H,9-10H2,1-5H3,(H,27,28)/t21-,22+,23+,24?/m0/s1. The highest BCUT2D eigenvalue weighted by molar-refractivity contribution is 5.73. The van der Waals surface area contributed by atoms with Crippen LogP contribution in [0.2, 0.25) is 0 Å². The molecule has 1 aliphatic rings. The van der Waals surface area contributed by atoms with Crippen LogP contribution in [-0.4, -0.2) is 60.0 Å². The molecular formula is C25H32FNO6. The maximum atomic E-state index is 14.0. The van der Waals surface area contributed by atoms with Crippen molar-refractivity contribution in [1.82, 2.24) is 5.32 Å². The number of aliphatic hydroxyl groups is 2. The number of carbonyl (C=O) groups is 1. The van der Waals surface area contributed by atoms with E-state index in [-0.39, 0.29) is 11.7 Å². The van der Waals surface area contributed by atoms with Crippen LogP contribution in [0.25, 0.3) is 11.1 Å². The number of methoxy groups -OCH3 is 1. The molecule has 8 heteroatoms. The maximum absolute atomic E-state index is 14.0. The predicted molar refractivity (Wildman–Crippen MR) is 121 cm³/mol. The van der Waals surface area contributed by atoms with Gasteiger partial charge in [0, 0.05) is 20.6 Å². The quantitative estimate of drug-likeness (QED) is 0.587. The lowest BCUT2D eigenvalue weighted by Gasteiger charge is -2.46. The fourth-order valence-electron chi connectivity index (χ4n) is 4.21. The minimum Gasteiger partial charge on any atom is -0.462 e. The zero-order valence-corrected chi connectivity index (χ0v) is 19.6. The number of carbonyl (C=O) groups excluding carboxylic acids is 1. The number of benzene rings is 2. The molecule has 1 heterocycles. The Morgan fingerprint density at radius 1 is 1.21 bits per heavy atom. The first-order valence-corrected chi connectivity index (χ1v) is 10.9. The van der Waals surface area contributed by atoms with Crippen molar-refractivity contribution in [2.24, 2.45) is 0 Å². The van der Waals surface area contributed by atoms with E-state index in [1.807, 2.05) is 13.0 Å². The van der Waals surface area contributed by atoms with Gasteiger partial charge in [-0.3, -0.25) is 4.79 Å². The zero-order chi connectivity index (χ0) is 24.3. The fourth-order valence-corrected chi connectivity index (χ4v) is 4.21. The van der Waals surface area contributed by atoms with Gasteiger partial charge in [-0.05, 0) is 67.6 Å². The van der Waals surface area contributed by atoms with Gasteiger partial charge in [0.2, 0.25) is 12.2 Å². The molecule has 3 rings (SSSR count). The normalized spacial score (nSPS) is 24.4. The van der Waals surface area contributed by atoms with Crippen molar-refractivity contribution in [3.05, 3.63) is 53.3 Å². The Labute approximate surface area is 193 Å². The van der Waals surface area contributed by atoms with Crippen LogP contribution in [0.4, 0.5) is 4.39 Å². The minimum absolute atomic E-state index is 0.127. The van der Waals surface area contributed by atoms with Gasteiger partial charge in [-0.1, -0.05) is 18.2 Å². The van der Waals surface area contributed by atoms with Gasteiger partial charge in [0.25, 0.3) is 0 Å². The van der Waals surface area contributed by atoms with Crippen LogP contribution in [-0.2, 0) is 20.7 Å². The van der Waals surface area contributed by atoms with Gasteiger partial charge in [0.1, 0.15) is 29.9 Å². The van der Waals surface area contributed by atoms with E-state index >= 15 is 0 Å². The topological polar surface area (TPSA) is 97.3 Å². The van der Waals surface area contributed by atoms with E-state index in [2.05, 4.69) is 5.32 Å². The molecule has 2 aromatic rings. The molecule has 180 valence electrons. The van der Waals surface area contributed by atoms with Gasteiger partial charge < -0.3 is 29.7 Å². The summed E-state index contributed by atoms with van der Waals surface area (Å²) in [4.78, 5) is 11.3. The molecule has 0 bridgehead atoms. The summed E-state index contributed by atoms with van der Waals surface area (Å²) in [6.45, 7) is 7.24. The monoisotopic (exact) mass is 461 g/mol. The molecule has 7 nitrogen and oxygen atoms in total. The van der Waals surface area contributed by atoms with Crippen molar-refractivity contribution in [2.45, 2.75) is 64.3 Å². The van der Waals surface area contributed by atoms with Crippen LogP contribution >= 0.6 is 0 Å². The van der Waals surface area contributed by atoms with Crippen LogP contribution in [0.15, 0.2) is 36.4 Å². The van der Waals surface area contributed by atoms with Gasteiger partial charge in [-0.15, -0.1) is 0 Å². The number of rotatable bonds is 7. The number of aliphatic hydroxyl groups excluding tert-OH is 2.